The summed E-state index contributed by atoms with van der Waals surface area (Å²) >= 11 is 1.88. The van der Waals surface area contributed by atoms with Gasteiger partial charge >= 0.3 is 0 Å². The highest BCUT2D eigenvalue weighted by Gasteiger charge is 2.33. The molecular formula is C51H66N4O6S. The lowest BCUT2D eigenvalue weighted by atomic mass is 9.89. The zero-order chi connectivity index (χ0) is 44.3. The van der Waals surface area contributed by atoms with Crippen molar-refractivity contribution in [2.24, 2.45) is 17.8 Å². The maximum absolute atomic E-state index is 13.1. The number of thioether (sulfide) groups is 1. The van der Waals surface area contributed by atoms with Gasteiger partial charge in [-0.3, -0.25) is 19.2 Å². The van der Waals surface area contributed by atoms with Gasteiger partial charge in [-0.25, -0.2) is 0 Å². The quantitative estimate of drug-likeness (QED) is 0.0284. The maximum Gasteiger partial charge on any atom is 0.261 e. The third kappa shape index (κ3) is 15.6. The smallest absolute Gasteiger partial charge is 0.261 e. The molecule has 10 nitrogen and oxygen atoms in total. The molecule has 62 heavy (non-hydrogen) atoms. The van der Waals surface area contributed by atoms with E-state index in [4.69, 9.17) is 14.9 Å². The Morgan fingerprint density at radius 1 is 0.919 bits per heavy atom. The highest BCUT2D eigenvalue weighted by atomic mass is 32.2. The lowest BCUT2D eigenvalue weighted by Gasteiger charge is -2.31. The highest BCUT2D eigenvalue weighted by Crippen LogP contribution is 2.36. The Morgan fingerprint density at radius 3 is 2.37 bits per heavy atom. The number of benzene rings is 2. The van der Waals surface area contributed by atoms with Crippen molar-refractivity contribution in [2.45, 2.75) is 109 Å². The van der Waals surface area contributed by atoms with Crippen molar-refractivity contribution in [1.29, 1.82) is 5.41 Å². The van der Waals surface area contributed by atoms with Crippen LogP contribution in [-0.2, 0) is 19.2 Å². The number of allylic oxidation sites excluding steroid dienone is 7. The van der Waals surface area contributed by atoms with Gasteiger partial charge in [0.1, 0.15) is 23.0 Å². The number of Topliss-reactive ketones (excluding diaryl/α,β-unsaturated/α-hetero) is 1. The third-order valence-corrected chi connectivity index (χ3v) is 14.0. The van der Waals surface area contributed by atoms with E-state index in [-0.39, 0.29) is 35.5 Å². The topological polar surface area (TPSA) is 138 Å². The van der Waals surface area contributed by atoms with Crippen LogP contribution in [0, 0.1) is 23.2 Å². The van der Waals surface area contributed by atoms with Crippen LogP contribution in [-0.4, -0.2) is 71.3 Å². The van der Waals surface area contributed by atoms with E-state index in [0.717, 1.165) is 93.9 Å². The average molecular weight is 863 g/mol. The van der Waals surface area contributed by atoms with Gasteiger partial charge in [0.25, 0.3) is 5.91 Å². The van der Waals surface area contributed by atoms with Crippen LogP contribution in [0.15, 0.2) is 114 Å². The van der Waals surface area contributed by atoms with Crippen LogP contribution in [0.5, 0.6) is 17.2 Å². The first-order chi connectivity index (χ1) is 30.0. The number of para-hydroxylation sites is 1. The molecule has 0 saturated carbocycles. The minimum Gasteiger partial charge on any atom is -0.461 e. The van der Waals surface area contributed by atoms with Crippen molar-refractivity contribution in [3.63, 3.8) is 0 Å². The molecule has 2 aromatic rings. The molecule has 2 aromatic carbocycles. The third-order valence-electron chi connectivity index (χ3n) is 12.3. The predicted octanol–water partition coefficient (Wildman–Crippen LogP) is 10.1. The first-order valence-corrected chi connectivity index (χ1v) is 23.5. The molecule has 4 unspecified atom stereocenters. The number of hydrogen-bond acceptors (Lipinski definition) is 8. The van der Waals surface area contributed by atoms with Crippen LogP contribution in [0.4, 0.5) is 0 Å². The van der Waals surface area contributed by atoms with E-state index in [9.17, 15) is 19.2 Å². The lowest BCUT2D eigenvalue weighted by molar-refractivity contribution is -0.127. The number of rotatable bonds is 21. The summed E-state index contributed by atoms with van der Waals surface area (Å²) in [5.74, 6) is 4.32. The fraction of sp³-hybridized carbons (Fsp3) is 0.471. The minimum atomic E-state index is -0.327. The van der Waals surface area contributed by atoms with Crippen LogP contribution >= 0.6 is 11.8 Å². The molecular weight excluding hydrogens is 797 g/mol. The number of piperidine rings is 1. The summed E-state index contributed by atoms with van der Waals surface area (Å²) in [6.45, 7) is 11.8. The number of nitrogens with zero attached hydrogens (tertiary/aromatic N) is 1. The van der Waals surface area contributed by atoms with Gasteiger partial charge in [0.15, 0.2) is 5.78 Å². The zero-order valence-electron chi connectivity index (χ0n) is 36.9. The van der Waals surface area contributed by atoms with Gasteiger partial charge in [-0.1, -0.05) is 67.5 Å². The number of likely N-dealkylation sites (tertiary alicyclic amines) is 1. The molecule has 2 saturated heterocycles. The van der Waals surface area contributed by atoms with Gasteiger partial charge < -0.3 is 30.4 Å². The van der Waals surface area contributed by atoms with E-state index in [0.29, 0.717) is 66.0 Å². The second-order valence-corrected chi connectivity index (χ2v) is 18.1. The van der Waals surface area contributed by atoms with E-state index >= 15 is 0 Å². The van der Waals surface area contributed by atoms with Crippen molar-refractivity contribution in [3.8, 4) is 17.2 Å². The molecule has 2 aliphatic heterocycles. The summed E-state index contributed by atoms with van der Waals surface area (Å²) in [6.07, 6.45) is 21.8. The largest absolute Gasteiger partial charge is 0.461 e. The summed E-state index contributed by atoms with van der Waals surface area (Å²) in [5.41, 5.74) is 2.84. The molecule has 3 aliphatic rings. The van der Waals surface area contributed by atoms with Crippen LogP contribution in [0.3, 0.4) is 0 Å². The number of ketones is 1. The Hall–Kier alpha value is -5.16. The molecule has 332 valence electrons. The van der Waals surface area contributed by atoms with E-state index < -0.39 is 0 Å². The Kier molecular flexibility index (Phi) is 19.4. The fourth-order valence-corrected chi connectivity index (χ4v) is 10.1. The van der Waals surface area contributed by atoms with Crippen molar-refractivity contribution in [3.05, 3.63) is 114 Å². The molecule has 2 fully saturated rings. The van der Waals surface area contributed by atoms with Crippen LogP contribution in [0.1, 0.15) is 97.8 Å². The predicted molar refractivity (Wildman–Crippen MR) is 251 cm³/mol. The molecule has 0 bridgehead atoms. The van der Waals surface area contributed by atoms with Crippen LogP contribution in [0.2, 0.25) is 0 Å². The normalized spacial score (nSPS) is 21.1. The second kappa shape index (κ2) is 25.1. The molecule has 1 aliphatic carbocycles. The van der Waals surface area contributed by atoms with Gasteiger partial charge in [0.2, 0.25) is 11.8 Å². The fourth-order valence-electron chi connectivity index (χ4n) is 8.42. The Morgan fingerprint density at radius 2 is 1.65 bits per heavy atom. The van der Waals surface area contributed by atoms with Gasteiger partial charge in [-0.15, -0.1) is 0 Å². The van der Waals surface area contributed by atoms with Gasteiger partial charge in [0.05, 0.1) is 11.8 Å². The molecule has 0 radical (unpaired) electrons. The highest BCUT2D eigenvalue weighted by molar-refractivity contribution is 8.00. The van der Waals surface area contributed by atoms with E-state index in [2.05, 4.69) is 36.3 Å². The summed E-state index contributed by atoms with van der Waals surface area (Å²) in [7, 11) is 0. The molecule has 3 N–H and O–H groups in total. The standard InChI is InChI=1S/C51H66N4O6S/c1-36(20-27-46(38(3)56)39(4)60-44-23-25-45(26-24-44)61-43-15-6-5-7-16-43)42-29-32-55(33-30-42)51(59)19-11-14-40-12-10-13-41(22-21-40)28-31-53-49(57)18-9-8-17-48-37(2)47(35-62-48)54-50(58)34-52/h5-7,11,13,15-16,19-20,23-27,34,37,40,42,47-48,52H,1,8-10,12,14,17-18,21-22,28-33,35H2,2-4H3,(H,53,57)(H,54,58). The summed E-state index contributed by atoms with van der Waals surface area (Å²) in [6, 6.07) is 17.0. The number of carbonyl (C=O) groups excluding carboxylic acids is 4. The number of amides is 3. The van der Waals surface area contributed by atoms with Crippen molar-refractivity contribution in [1.82, 2.24) is 15.5 Å². The van der Waals surface area contributed by atoms with Gasteiger partial charge in [-0.2, -0.15) is 11.8 Å². The van der Waals surface area contributed by atoms with E-state index in [1.165, 1.54) is 12.5 Å². The number of unbranched alkanes of at least 4 members (excludes halogenated alkanes) is 1. The second-order valence-electron chi connectivity index (χ2n) is 16.8. The lowest BCUT2D eigenvalue weighted by Crippen LogP contribution is -2.40. The summed E-state index contributed by atoms with van der Waals surface area (Å²) in [5, 5.41) is 13.6. The molecule has 0 aromatic heterocycles. The van der Waals surface area contributed by atoms with Crippen LogP contribution in [0.25, 0.3) is 0 Å². The maximum atomic E-state index is 13.1. The minimum absolute atomic E-state index is 0.0628. The number of hydrogen-bond donors (Lipinski definition) is 3. The summed E-state index contributed by atoms with van der Waals surface area (Å²) < 4.78 is 11.9. The Balaban J connectivity index is 0.938. The van der Waals surface area contributed by atoms with E-state index in [1.54, 1.807) is 19.1 Å². The van der Waals surface area contributed by atoms with E-state index in [1.807, 2.05) is 77.3 Å². The Bertz CT molecular complexity index is 1960. The first-order valence-electron chi connectivity index (χ1n) is 22.4. The van der Waals surface area contributed by atoms with Gasteiger partial charge in [0, 0.05) is 43.1 Å². The number of carbonyl (C=O) groups is 4. The molecule has 3 amide bonds. The first kappa shape index (κ1) is 47.9. The SMILES string of the molecule is C=C(C=CC(C(C)=O)=C(C)Oc1ccc(Oc2ccccc2)cc1)C1CCN(C(=O)C=CCC2CCC=C(CCNC(=O)CCCCC3SCC(NC(=O)C=N)C3C)CC2)CC1. The zero-order valence-corrected chi connectivity index (χ0v) is 37.7. The molecule has 11 heteroatoms. The molecule has 5 rings (SSSR count). The molecule has 4 atom stereocenters. The summed E-state index contributed by atoms with van der Waals surface area (Å²) in [4.78, 5) is 51.7. The molecule has 2 heterocycles. The van der Waals surface area contributed by atoms with Crippen molar-refractivity contribution >= 4 is 41.5 Å². The number of nitrogens with one attached hydrogen (secondary N) is 3. The van der Waals surface area contributed by atoms with Gasteiger partial charge in [-0.05, 0) is 144 Å². The average Bonchev–Trinajstić information content (AvgIpc) is 3.45. The Labute approximate surface area is 373 Å². The number of ether oxygens (including phenoxy) is 2. The molecule has 0 spiro atoms. The van der Waals surface area contributed by atoms with Crippen LogP contribution < -0.4 is 20.1 Å². The monoisotopic (exact) mass is 862 g/mol. The van der Waals surface area contributed by atoms with Crippen molar-refractivity contribution in [2.75, 3.05) is 25.4 Å². The van der Waals surface area contributed by atoms with Crippen molar-refractivity contribution < 1.29 is 28.7 Å².